The molecule has 4 nitrogen and oxygen atoms in total. The van der Waals surface area contributed by atoms with E-state index in [0.29, 0.717) is 21.3 Å². The van der Waals surface area contributed by atoms with E-state index in [1.54, 1.807) is 24.3 Å². The summed E-state index contributed by atoms with van der Waals surface area (Å²) in [6, 6.07) is 12.7. The van der Waals surface area contributed by atoms with E-state index in [4.69, 9.17) is 28.0 Å². The number of oxime groups is 1. The van der Waals surface area contributed by atoms with Gasteiger partial charge in [-0.15, -0.1) is 0 Å². The van der Waals surface area contributed by atoms with Gasteiger partial charge in [0.25, 0.3) is 0 Å². The maximum Gasteiger partial charge on any atom is 0.184 e. The van der Waals surface area contributed by atoms with Crippen LogP contribution in [0, 0.1) is 0 Å². The smallest absolute Gasteiger partial charge is 0.184 e. The minimum absolute atomic E-state index is 0.176. The lowest BCUT2D eigenvalue weighted by molar-refractivity contribution is 0.213. The quantitative estimate of drug-likeness (QED) is 0.603. The minimum Gasteiger partial charge on any atom is -0.399 e. The van der Waals surface area contributed by atoms with Gasteiger partial charge in [-0.2, -0.15) is 0 Å². The number of sulfone groups is 1. The molecule has 0 aliphatic rings. The second kappa shape index (κ2) is 7.13. The van der Waals surface area contributed by atoms with Crippen molar-refractivity contribution in [2.24, 2.45) is 5.16 Å². The maximum absolute atomic E-state index is 12.5. The molecule has 0 heterocycles. The van der Waals surface area contributed by atoms with Crippen molar-refractivity contribution in [2.45, 2.75) is 4.90 Å². The van der Waals surface area contributed by atoms with E-state index in [1.807, 2.05) is 0 Å². The molecule has 0 aromatic heterocycles. The largest absolute Gasteiger partial charge is 0.399 e. The number of rotatable bonds is 5. The summed E-state index contributed by atoms with van der Waals surface area (Å²) in [5.41, 5.74) is 0.929. The van der Waals surface area contributed by atoms with Crippen LogP contribution in [-0.2, 0) is 14.7 Å². The van der Waals surface area contributed by atoms with Crippen molar-refractivity contribution in [2.75, 3.05) is 12.9 Å². The predicted octanol–water partition coefficient (Wildman–Crippen LogP) is 3.82. The summed E-state index contributed by atoms with van der Waals surface area (Å²) in [6.07, 6.45) is 0. The Morgan fingerprint density at radius 2 is 1.50 bits per heavy atom. The summed E-state index contributed by atoms with van der Waals surface area (Å²) < 4.78 is 24.9. The number of benzene rings is 2. The molecule has 22 heavy (non-hydrogen) atoms. The summed E-state index contributed by atoms with van der Waals surface area (Å²) in [7, 11) is -2.19. The van der Waals surface area contributed by atoms with E-state index >= 15 is 0 Å². The maximum atomic E-state index is 12.5. The Kier molecular flexibility index (Phi) is 5.45. The van der Waals surface area contributed by atoms with Crippen LogP contribution in [0.1, 0.15) is 5.56 Å². The molecule has 0 aliphatic heterocycles. The molecule has 2 aromatic carbocycles. The van der Waals surface area contributed by atoms with Gasteiger partial charge in [-0.1, -0.05) is 40.5 Å². The first-order valence-electron chi connectivity index (χ1n) is 6.26. The molecular weight excluding hydrogens is 345 g/mol. The van der Waals surface area contributed by atoms with Crippen LogP contribution in [-0.4, -0.2) is 27.0 Å². The zero-order valence-electron chi connectivity index (χ0n) is 11.7. The highest BCUT2D eigenvalue weighted by atomic mass is 35.5. The Morgan fingerprint density at radius 3 is 2.00 bits per heavy atom. The van der Waals surface area contributed by atoms with Gasteiger partial charge in [0, 0.05) is 15.6 Å². The van der Waals surface area contributed by atoms with Crippen molar-refractivity contribution in [1.29, 1.82) is 0 Å². The van der Waals surface area contributed by atoms with Crippen molar-refractivity contribution in [3.8, 4) is 0 Å². The molecule has 0 N–H and O–H groups in total. The van der Waals surface area contributed by atoms with Crippen molar-refractivity contribution in [3.63, 3.8) is 0 Å². The number of nitrogens with zero attached hydrogens (tertiary/aromatic N) is 1. The van der Waals surface area contributed by atoms with E-state index in [0.717, 1.165) is 0 Å². The fourth-order valence-corrected chi connectivity index (χ4v) is 3.37. The van der Waals surface area contributed by atoms with E-state index in [2.05, 4.69) is 5.16 Å². The highest BCUT2D eigenvalue weighted by molar-refractivity contribution is 7.92. The average molecular weight is 358 g/mol. The van der Waals surface area contributed by atoms with Crippen LogP contribution in [0.4, 0.5) is 0 Å². The van der Waals surface area contributed by atoms with E-state index in [9.17, 15) is 8.42 Å². The molecule has 0 fully saturated rings. The first-order chi connectivity index (χ1) is 10.4. The monoisotopic (exact) mass is 357 g/mol. The van der Waals surface area contributed by atoms with Gasteiger partial charge >= 0.3 is 0 Å². The molecule has 0 unspecified atom stereocenters. The van der Waals surface area contributed by atoms with Gasteiger partial charge in [-0.25, -0.2) is 8.42 Å². The Bertz CT molecular complexity index is 769. The summed E-state index contributed by atoms with van der Waals surface area (Å²) in [5, 5.41) is 4.85. The van der Waals surface area contributed by atoms with Gasteiger partial charge < -0.3 is 4.84 Å². The first-order valence-corrected chi connectivity index (χ1v) is 8.67. The molecule has 0 radical (unpaired) electrons. The Labute approximate surface area is 139 Å². The van der Waals surface area contributed by atoms with Crippen LogP contribution in [0.15, 0.2) is 58.6 Å². The van der Waals surface area contributed by atoms with Gasteiger partial charge in [-0.3, -0.25) is 0 Å². The molecular formula is C15H13Cl2NO3S. The second-order valence-electron chi connectivity index (χ2n) is 4.44. The standard InChI is InChI=1S/C15H13Cl2NO3S/c1-21-18-15(11-2-4-12(16)5-3-11)10-22(19,20)14-8-6-13(17)7-9-14/h2-9H,10H2,1H3. The topological polar surface area (TPSA) is 55.7 Å². The van der Waals surface area contributed by atoms with Crippen LogP contribution in [0.2, 0.25) is 10.0 Å². The fraction of sp³-hybridized carbons (Fsp3) is 0.133. The van der Waals surface area contributed by atoms with Gasteiger partial charge in [0.15, 0.2) is 9.84 Å². The zero-order valence-corrected chi connectivity index (χ0v) is 14.0. The molecule has 0 spiro atoms. The second-order valence-corrected chi connectivity index (χ2v) is 7.30. The van der Waals surface area contributed by atoms with E-state index in [-0.39, 0.29) is 10.6 Å². The summed E-state index contributed by atoms with van der Waals surface area (Å²) in [5.74, 6) is -0.288. The van der Waals surface area contributed by atoms with E-state index < -0.39 is 9.84 Å². The van der Waals surface area contributed by atoms with Crippen LogP contribution < -0.4 is 0 Å². The normalized spacial score (nSPS) is 12.2. The molecule has 0 amide bonds. The van der Waals surface area contributed by atoms with Crippen LogP contribution >= 0.6 is 23.2 Å². The molecule has 7 heteroatoms. The average Bonchev–Trinajstić information content (AvgIpc) is 2.48. The lowest BCUT2D eigenvalue weighted by atomic mass is 10.1. The molecule has 0 atom stereocenters. The first kappa shape index (κ1) is 16.8. The lowest BCUT2D eigenvalue weighted by Gasteiger charge is -2.08. The van der Waals surface area contributed by atoms with Gasteiger partial charge in [-0.05, 0) is 36.4 Å². The summed E-state index contributed by atoms with van der Waals surface area (Å²) in [4.78, 5) is 4.93. The molecule has 0 saturated carbocycles. The highest BCUT2D eigenvalue weighted by Crippen LogP contribution is 2.18. The molecule has 2 rings (SSSR count). The molecule has 0 saturated heterocycles. The van der Waals surface area contributed by atoms with E-state index in [1.165, 1.54) is 31.4 Å². The number of hydrogen-bond donors (Lipinski definition) is 0. The van der Waals surface area contributed by atoms with Gasteiger partial charge in [0.1, 0.15) is 18.6 Å². The fourth-order valence-electron chi connectivity index (χ4n) is 1.82. The van der Waals surface area contributed by atoms with Crippen molar-refractivity contribution >= 4 is 38.8 Å². The SMILES string of the molecule is CON=C(CS(=O)(=O)c1ccc(Cl)cc1)c1ccc(Cl)cc1. The minimum atomic E-state index is -3.56. The van der Waals surface area contributed by atoms with Crippen molar-refractivity contribution in [3.05, 3.63) is 64.1 Å². The van der Waals surface area contributed by atoms with Crippen LogP contribution in [0.5, 0.6) is 0 Å². The van der Waals surface area contributed by atoms with Crippen molar-refractivity contribution < 1.29 is 13.3 Å². The Hall–Kier alpha value is -1.56. The molecule has 2 aromatic rings. The third kappa shape index (κ3) is 4.22. The lowest BCUT2D eigenvalue weighted by Crippen LogP contribution is -2.17. The summed E-state index contributed by atoms with van der Waals surface area (Å²) in [6.45, 7) is 0. The zero-order chi connectivity index (χ0) is 16.2. The molecule has 0 bridgehead atoms. The predicted molar refractivity (Wildman–Crippen MR) is 88.5 cm³/mol. The Morgan fingerprint density at radius 1 is 1.00 bits per heavy atom. The van der Waals surface area contributed by atoms with Gasteiger partial charge in [0.05, 0.1) is 4.90 Å². The third-order valence-corrected chi connectivity index (χ3v) is 5.03. The molecule has 116 valence electrons. The Balaban J connectivity index is 2.33. The third-order valence-electron chi connectivity index (χ3n) is 2.88. The highest BCUT2D eigenvalue weighted by Gasteiger charge is 2.19. The number of hydrogen-bond acceptors (Lipinski definition) is 4. The number of halogens is 2. The van der Waals surface area contributed by atoms with Gasteiger partial charge in [0.2, 0.25) is 0 Å². The van der Waals surface area contributed by atoms with Crippen LogP contribution in [0.25, 0.3) is 0 Å². The summed E-state index contributed by atoms with van der Waals surface area (Å²) >= 11 is 11.6. The van der Waals surface area contributed by atoms with Crippen LogP contribution in [0.3, 0.4) is 0 Å². The molecule has 0 aliphatic carbocycles. The van der Waals surface area contributed by atoms with Crippen molar-refractivity contribution in [1.82, 2.24) is 0 Å².